The Labute approximate surface area is 307 Å². The van der Waals surface area contributed by atoms with Gasteiger partial charge in [0.1, 0.15) is 30.2 Å². The quantitative estimate of drug-likeness (QED) is 0.0988. The number of nitrogens with one attached hydrogen (secondary N) is 5. The van der Waals surface area contributed by atoms with E-state index in [0.717, 1.165) is 4.90 Å². The monoisotopic (exact) mass is 741 g/mol. The molecule has 3 rings (SSSR count). The second-order valence-electron chi connectivity index (χ2n) is 13.9. The van der Waals surface area contributed by atoms with Crippen molar-refractivity contribution < 1.29 is 33.6 Å². The minimum absolute atomic E-state index is 0.00432. The molecule has 0 saturated carbocycles. The number of primary amides is 1. The average Bonchev–Trinajstić information content (AvgIpc) is 3.77. The predicted molar refractivity (Wildman–Crippen MR) is 195 cm³/mol. The van der Waals surface area contributed by atoms with E-state index >= 15 is 0 Å². The Morgan fingerprint density at radius 2 is 1.67 bits per heavy atom. The maximum absolute atomic E-state index is 14.8. The normalized spacial score (nSPS) is 16.6. The molecule has 0 radical (unpaired) electrons. The zero-order chi connectivity index (χ0) is 38.6. The Kier molecular flexibility index (Phi) is 15.4. The molecule has 1 saturated heterocycles. The fourth-order valence-corrected chi connectivity index (χ4v) is 6.14. The molecule has 17 heteroatoms. The summed E-state index contributed by atoms with van der Waals surface area (Å²) in [6.07, 6.45) is 5.25. The Bertz CT molecular complexity index is 1560. The Balaban J connectivity index is 2.06. The number of H-pyrrole nitrogens is 1. The van der Waals surface area contributed by atoms with Crippen molar-refractivity contribution in [2.24, 2.45) is 17.4 Å². The first-order valence-corrected chi connectivity index (χ1v) is 18.6. The first-order chi connectivity index (χ1) is 24.5. The van der Waals surface area contributed by atoms with Crippen molar-refractivity contribution in [3.63, 3.8) is 0 Å². The van der Waals surface area contributed by atoms with Crippen molar-refractivity contribution >= 4 is 53.1 Å². The van der Waals surface area contributed by atoms with Crippen LogP contribution in [0.2, 0.25) is 0 Å². The number of aromatic amines is 1. The molecule has 5 atom stereocenters. The van der Waals surface area contributed by atoms with Crippen LogP contribution in [0.4, 0.5) is 0 Å². The van der Waals surface area contributed by atoms with Crippen LogP contribution in [0.3, 0.4) is 0 Å². The molecular weight excluding hydrogens is 691 g/mol. The van der Waals surface area contributed by atoms with Gasteiger partial charge in [0.15, 0.2) is 0 Å². The van der Waals surface area contributed by atoms with E-state index in [-0.39, 0.29) is 50.4 Å². The second kappa shape index (κ2) is 19.2. The maximum atomic E-state index is 14.8. The van der Waals surface area contributed by atoms with Gasteiger partial charge in [0.2, 0.25) is 35.4 Å². The number of hydrogen-bond acceptors (Lipinski definition) is 10. The topological polar surface area (TPSA) is 252 Å². The van der Waals surface area contributed by atoms with Crippen molar-refractivity contribution in [3.05, 3.63) is 54.1 Å². The van der Waals surface area contributed by atoms with Gasteiger partial charge in [-0.25, -0.2) is 4.98 Å². The number of aromatic nitrogens is 2. The minimum Gasteiger partial charge on any atom is -0.368 e. The van der Waals surface area contributed by atoms with E-state index in [2.05, 4.69) is 31.2 Å². The molecule has 9 N–H and O–H groups in total. The van der Waals surface area contributed by atoms with Gasteiger partial charge in [-0.1, -0.05) is 44.2 Å². The van der Waals surface area contributed by atoms with Gasteiger partial charge in [0.25, 0.3) is 5.91 Å². The summed E-state index contributed by atoms with van der Waals surface area (Å²) in [7, 11) is 0. The summed E-state index contributed by atoms with van der Waals surface area (Å²) in [5.74, 6) is -4.72. The van der Waals surface area contributed by atoms with Crippen molar-refractivity contribution in [1.29, 1.82) is 0 Å². The van der Waals surface area contributed by atoms with E-state index in [9.17, 15) is 33.6 Å². The Hall–Kier alpha value is -4.77. The average molecular weight is 742 g/mol. The molecule has 52 heavy (non-hydrogen) atoms. The predicted octanol–water partition coefficient (Wildman–Crippen LogP) is -0.326. The number of carbonyl (C=O) groups excluding carboxylic acids is 7. The summed E-state index contributed by atoms with van der Waals surface area (Å²) >= 11 is 1.45. The number of thioether (sulfide) groups is 1. The molecule has 7 amide bonds. The molecule has 1 aliphatic rings. The van der Waals surface area contributed by atoms with Crippen LogP contribution in [0, 0.1) is 5.92 Å². The molecular formula is C35H51N9O7S. The fraction of sp³-hybridized carbons (Fsp3) is 0.543. The third-order valence-electron chi connectivity index (χ3n) is 8.40. The van der Waals surface area contributed by atoms with Crippen LogP contribution in [0.5, 0.6) is 0 Å². The molecule has 0 spiro atoms. The molecule has 2 aromatic rings. The molecule has 0 aliphatic carbocycles. The largest absolute Gasteiger partial charge is 0.368 e. The summed E-state index contributed by atoms with van der Waals surface area (Å²) in [6.45, 7) is 6.40. The molecule has 16 nitrogen and oxygen atoms in total. The van der Waals surface area contributed by atoms with Crippen molar-refractivity contribution in [2.75, 3.05) is 12.0 Å². The fourth-order valence-electron chi connectivity index (χ4n) is 5.67. The standard InChI is InChI=1S/C35H51N9O7S/c1-20(2)15-27(32(49)41-23(29(36)46)13-14-52-5)44(34(51)35(3,4)37)33(50)26(16-21-9-7-6-8-10-21)43-31(48)25(17-22-18-38-19-39-22)42-30(47)24-11-12-28(45)40-24/h6-10,18-20,23-27H,11-17,37H2,1-5H3,(H2,36,46)(H,38,39)(H,40,45)(H,41,49)(H,42,47)(H,43,48)/t23-,24-,25-,26-,27-/m0/s1. The minimum atomic E-state index is -1.64. The highest BCUT2D eigenvalue weighted by Gasteiger charge is 2.44. The van der Waals surface area contributed by atoms with E-state index in [1.165, 1.54) is 31.9 Å². The molecule has 0 bridgehead atoms. The van der Waals surface area contributed by atoms with Crippen LogP contribution in [0.1, 0.15) is 64.6 Å². The number of imide groups is 1. The highest BCUT2D eigenvalue weighted by molar-refractivity contribution is 7.98. The number of carbonyl (C=O) groups is 7. The van der Waals surface area contributed by atoms with Crippen LogP contribution in [-0.4, -0.2) is 104 Å². The van der Waals surface area contributed by atoms with Gasteiger partial charge in [0.05, 0.1) is 17.6 Å². The van der Waals surface area contributed by atoms with Gasteiger partial charge in [-0.2, -0.15) is 11.8 Å². The first-order valence-electron chi connectivity index (χ1n) is 17.2. The van der Waals surface area contributed by atoms with Gasteiger partial charge < -0.3 is 37.7 Å². The number of rotatable bonds is 19. The van der Waals surface area contributed by atoms with Crippen molar-refractivity contribution in [2.45, 2.75) is 102 Å². The molecule has 1 aliphatic heterocycles. The highest BCUT2D eigenvalue weighted by Crippen LogP contribution is 2.20. The summed E-state index contributed by atoms with van der Waals surface area (Å²) in [5.41, 5.74) is 11.3. The lowest BCUT2D eigenvalue weighted by atomic mass is 9.95. The lowest BCUT2D eigenvalue weighted by Gasteiger charge is -2.37. The maximum Gasteiger partial charge on any atom is 0.252 e. The number of amides is 7. The van der Waals surface area contributed by atoms with Gasteiger partial charge >= 0.3 is 0 Å². The third-order valence-corrected chi connectivity index (χ3v) is 9.04. The van der Waals surface area contributed by atoms with Crippen LogP contribution >= 0.6 is 11.8 Å². The van der Waals surface area contributed by atoms with E-state index in [0.29, 0.717) is 17.0 Å². The van der Waals surface area contributed by atoms with Crippen molar-refractivity contribution in [1.82, 2.24) is 36.1 Å². The number of nitrogens with two attached hydrogens (primary N) is 2. The number of benzene rings is 1. The Morgan fingerprint density at radius 1 is 1.00 bits per heavy atom. The van der Waals surface area contributed by atoms with Gasteiger partial charge in [-0.15, -0.1) is 0 Å². The third kappa shape index (κ3) is 12.2. The number of nitrogens with zero attached hydrogens (tertiary/aromatic N) is 2. The summed E-state index contributed by atoms with van der Waals surface area (Å²) in [4.78, 5) is 102. The van der Waals surface area contributed by atoms with Crippen LogP contribution in [0.15, 0.2) is 42.9 Å². The van der Waals surface area contributed by atoms with E-state index in [4.69, 9.17) is 11.5 Å². The zero-order valence-corrected chi connectivity index (χ0v) is 31.1. The molecule has 0 unspecified atom stereocenters. The van der Waals surface area contributed by atoms with E-state index in [1.807, 2.05) is 6.26 Å². The van der Waals surface area contributed by atoms with Gasteiger partial charge in [0, 0.05) is 25.5 Å². The molecule has 284 valence electrons. The summed E-state index contributed by atoms with van der Waals surface area (Å²) in [5, 5.41) is 10.6. The lowest BCUT2D eigenvalue weighted by molar-refractivity contribution is -0.157. The molecule has 1 aromatic heterocycles. The van der Waals surface area contributed by atoms with E-state index in [1.54, 1.807) is 50.4 Å². The molecule has 1 aromatic carbocycles. The first kappa shape index (κ1) is 41.6. The smallest absolute Gasteiger partial charge is 0.252 e. The number of hydrogen-bond donors (Lipinski definition) is 7. The van der Waals surface area contributed by atoms with Gasteiger partial charge in [-0.3, -0.25) is 38.5 Å². The Morgan fingerprint density at radius 3 is 2.21 bits per heavy atom. The van der Waals surface area contributed by atoms with E-state index < -0.39 is 71.2 Å². The second-order valence-corrected chi connectivity index (χ2v) is 14.8. The highest BCUT2D eigenvalue weighted by atomic mass is 32.2. The van der Waals surface area contributed by atoms with Crippen LogP contribution < -0.4 is 32.7 Å². The number of imidazole rings is 1. The summed E-state index contributed by atoms with van der Waals surface area (Å²) in [6, 6.07) is 2.70. The SMILES string of the molecule is CSCC[C@H](NC(=O)[C@H](CC(C)C)N(C(=O)[C@H](Cc1ccccc1)NC(=O)[C@H](Cc1c[nH]cn1)NC(=O)[C@@H]1CCC(=O)N1)C(=O)C(C)(C)N)C(N)=O. The van der Waals surface area contributed by atoms with Gasteiger partial charge in [-0.05, 0) is 56.6 Å². The van der Waals surface area contributed by atoms with Crippen LogP contribution in [0.25, 0.3) is 0 Å². The molecule has 2 heterocycles. The van der Waals surface area contributed by atoms with Crippen molar-refractivity contribution in [3.8, 4) is 0 Å². The lowest BCUT2D eigenvalue weighted by Crippen LogP contribution is -2.65. The summed E-state index contributed by atoms with van der Waals surface area (Å²) < 4.78 is 0. The molecule has 1 fully saturated rings. The zero-order valence-electron chi connectivity index (χ0n) is 30.3. The van der Waals surface area contributed by atoms with Crippen LogP contribution in [-0.2, 0) is 46.4 Å².